The van der Waals surface area contributed by atoms with Gasteiger partial charge in [0, 0.05) is 36.9 Å². The number of ether oxygens (including phenoxy) is 1. The lowest BCUT2D eigenvalue weighted by atomic mass is 10.2. The molecule has 1 fully saturated rings. The SMILES string of the molecule is CCOC(=O)N1CCN(c2ccc(CO)c(Cl)c2)CC1. The molecule has 0 aromatic heterocycles. The van der Waals surface area contributed by atoms with E-state index < -0.39 is 0 Å². The third-order valence-electron chi connectivity index (χ3n) is 3.38. The number of piperazine rings is 1. The van der Waals surface area contributed by atoms with E-state index in [2.05, 4.69) is 4.90 Å². The highest BCUT2D eigenvalue weighted by Gasteiger charge is 2.22. The molecule has 1 heterocycles. The minimum absolute atomic E-state index is 0.0598. The zero-order valence-electron chi connectivity index (χ0n) is 11.5. The Labute approximate surface area is 123 Å². The van der Waals surface area contributed by atoms with Gasteiger partial charge in [0.25, 0.3) is 0 Å². The Balaban J connectivity index is 1.97. The van der Waals surface area contributed by atoms with Crippen LogP contribution >= 0.6 is 11.6 Å². The molecule has 110 valence electrons. The summed E-state index contributed by atoms with van der Waals surface area (Å²) < 4.78 is 4.99. The number of aliphatic hydroxyl groups excluding tert-OH is 1. The van der Waals surface area contributed by atoms with Crippen molar-refractivity contribution in [2.24, 2.45) is 0 Å². The highest BCUT2D eigenvalue weighted by atomic mass is 35.5. The Bertz CT molecular complexity index is 473. The first-order valence-corrected chi connectivity index (χ1v) is 7.09. The maximum Gasteiger partial charge on any atom is 0.409 e. The molecular formula is C14H19ClN2O3. The molecule has 0 aliphatic carbocycles. The summed E-state index contributed by atoms with van der Waals surface area (Å²) in [5, 5.41) is 9.68. The molecule has 1 N–H and O–H groups in total. The normalized spacial score (nSPS) is 15.3. The van der Waals surface area contributed by atoms with E-state index in [1.54, 1.807) is 11.8 Å². The number of anilines is 1. The van der Waals surface area contributed by atoms with Gasteiger partial charge >= 0.3 is 6.09 Å². The van der Waals surface area contributed by atoms with Crippen molar-refractivity contribution >= 4 is 23.4 Å². The second-order valence-electron chi connectivity index (χ2n) is 4.61. The molecule has 1 aliphatic rings. The second kappa shape index (κ2) is 6.81. The van der Waals surface area contributed by atoms with Gasteiger partial charge in [-0.25, -0.2) is 4.79 Å². The third kappa shape index (κ3) is 3.35. The summed E-state index contributed by atoms with van der Waals surface area (Å²) in [7, 11) is 0. The van der Waals surface area contributed by atoms with Gasteiger partial charge in [0.15, 0.2) is 0 Å². The van der Waals surface area contributed by atoms with Gasteiger partial charge in [-0.15, -0.1) is 0 Å². The molecule has 5 nitrogen and oxygen atoms in total. The smallest absolute Gasteiger partial charge is 0.409 e. The van der Waals surface area contributed by atoms with E-state index >= 15 is 0 Å². The molecule has 1 aromatic rings. The van der Waals surface area contributed by atoms with Gasteiger partial charge in [0.05, 0.1) is 13.2 Å². The van der Waals surface area contributed by atoms with E-state index in [1.807, 2.05) is 18.2 Å². The van der Waals surface area contributed by atoms with Crippen molar-refractivity contribution in [1.82, 2.24) is 4.90 Å². The number of halogens is 1. The lowest BCUT2D eigenvalue weighted by Gasteiger charge is -2.35. The van der Waals surface area contributed by atoms with Crippen LogP contribution in [-0.4, -0.2) is 48.9 Å². The average molecular weight is 299 g/mol. The monoisotopic (exact) mass is 298 g/mol. The van der Waals surface area contributed by atoms with Crippen LogP contribution in [0.4, 0.5) is 10.5 Å². The summed E-state index contributed by atoms with van der Waals surface area (Å²) in [5.74, 6) is 0. The van der Waals surface area contributed by atoms with Crippen LogP contribution < -0.4 is 4.90 Å². The molecule has 1 amide bonds. The third-order valence-corrected chi connectivity index (χ3v) is 3.73. The molecule has 0 spiro atoms. The van der Waals surface area contributed by atoms with Gasteiger partial charge in [-0.2, -0.15) is 0 Å². The molecular weight excluding hydrogens is 280 g/mol. The van der Waals surface area contributed by atoms with Crippen LogP contribution in [0, 0.1) is 0 Å². The maximum atomic E-state index is 11.6. The van der Waals surface area contributed by atoms with Gasteiger partial charge in [0.1, 0.15) is 0 Å². The van der Waals surface area contributed by atoms with E-state index in [0.717, 1.165) is 24.3 Å². The zero-order valence-corrected chi connectivity index (χ0v) is 12.3. The quantitative estimate of drug-likeness (QED) is 0.928. The van der Waals surface area contributed by atoms with Gasteiger partial charge in [0.2, 0.25) is 0 Å². The standard InChI is InChI=1S/C14H19ClN2O3/c1-2-20-14(19)17-7-5-16(6-8-17)12-4-3-11(10-18)13(15)9-12/h3-4,9,18H,2,5-8,10H2,1H3. The number of rotatable bonds is 3. The van der Waals surface area contributed by atoms with E-state index in [4.69, 9.17) is 21.4 Å². The van der Waals surface area contributed by atoms with Crippen LogP contribution in [0.25, 0.3) is 0 Å². The molecule has 0 saturated carbocycles. The van der Waals surface area contributed by atoms with Crippen molar-refractivity contribution in [3.05, 3.63) is 28.8 Å². The highest BCUT2D eigenvalue weighted by molar-refractivity contribution is 6.31. The summed E-state index contributed by atoms with van der Waals surface area (Å²) in [6.07, 6.45) is -0.249. The fourth-order valence-electron chi connectivity index (χ4n) is 2.22. The summed E-state index contributed by atoms with van der Waals surface area (Å²) in [5.41, 5.74) is 1.73. The fourth-order valence-corrected chi connectivity index (χ4v) is 2.46. The van der Waals surface area contributed by atoms with Crippen molar-refractivity contribution in [1.29, 1.82) is 0 Å². The molecule has 1 saturated heterocycles. The first-order valence-electron chi connectivity index (χ1n) is 6.71. The predicted octanol–water partition coefficient (Wildman–Crippen LogP) is 2.11. The highest BCUT2D eigenvalue weighted by Crippen LogP contribution is 2.24. The Morgan fingerprint density at radius 3 is 2.60 bits per heavy atom. The van der Waals surface area contributed by atoms with Crippen LogP contribution in [0.1, 0.15) is 12.5 Å². The van der Waals surface area contributed by atoms with E-state index in [-0.39, 0.29) is 12.7 Å². The number of nitrogens with zero attached hydrogens (tertiary/aromatic N) is 2. The number of hydrogen-bond donors (Lipinski definition) is 1. The summed E-state index contributed by atoms with van der Waals surface area (Å²) in [6.45, 7) is 4.91. The van der Waals surface area contributed by atoms with E-state index in [1.165, 1.54) is 0 Å². The van der Waals surface area contributed by atoms with Gasteiger partial charge in [-0.05, 0) is 24.6 Å². The Kier molecular flexibility index (Phi) is 5.09. The Hall–Kier alpha value is -1.46. The number of aliphatic hydroxyl groups is 1. The van der Waals surface area contributed by atoms with Crippen molar-refractivity contribution in [2.75, 3.05) is 37.7 Å². The zero-order chi connectivity index (χ0) is 14.5. The molecule has 1 aliphatic heterocycles. The van der Waals surface area contributed by atoms with Crippen LogP contribution in [0.3, 0.4) is 0 Å². The minimum Gasteiger partial charge on any atom is -0.450 e. The number of benzene rings is 1. The first-order chi connectivity index (χ1) is 9.65. The molecule has 1 aromatic carbocycles. The molecule has 0 atom stereocenters. The van der Waals surface area contributed by atoms with Crippen molar-refractivity contribution in [2.45, 2.75) is 13.5 Å². The van der Waals surface area contributed by atoms with Crippen LogP contribution in [0.5, 0.6) is 0 Å². The van der Waals surface area contributed by atoms with E-state index in [0.29, 0.717) is 24.7 Å². The summed E-state index contributed by atoms with van der Waals surface area (Å²) >= 11 is 6.10. The molecule has 6 heteroatoms. The Morgan fingerprint density at radius 2 is 2.05 bits per heavy atom. The summed E-state index contributed by atoms with van der Waals surface area (Å²) in [4.78, 5) is 15.5. The Morgan fingerprint density at radius 1 is 1.35 bits per heavy atom. The van der Waals surface area contributed by atoms with E-state index in [9.17, 15) is 4.79 Å². The van der Waals surface area contributed by atoms with Crippen molar-refractivity contribution in [3.8, 4) is 0 Å². The number of amides is 1. The van der Waals surface area contributed by atoms with Crippen molar-refractivity contribution < 1.29 is 14.6 Å². The average Bonchev–Trinajstić information content (AvgIpc) is 2.47. The molecule has 0 unspecified atom stereocenters. The second-order valence-corrected chi connectivity index (χ2v) is 5.01. The lowest BCUT2D eigenvalue weighted by Crippen LogP contribution is -2.49. The molecule has 0 bridgehead atoms. The van der Waals surface area contributed by atoms with Crippen LogP contribution in [0.2, 0.25) is 5.02 Å². The first kappa shape index (κ1) is 14.9. The van der Waals surface area contributed by atoms with Crippen LogP contribution in [0.15, 0.2) is 18.2 Å². The topological polar surface area (TPSA) is 53.0 Å². The maximum absolute atomic E-state index is 11.6. The molecule has 0 radical (unpaired) electrons. The fraction of sp³-hybridized carbons (Fsp3) is 0.500. The van der Waals surface area contributed by atoms with Gasteiger partial charge in [-0.3, -0.25) is 0 Å². The molecule has 20 heavy (non-hydrogen) atoms. The van der Waals surface area contributed by atoms with Crippen LogP contribution in [-0.2, 0) is 11.3 Å². The number of carbonyl (C=O) groups is 1. The van der Waals surface area contributed by atoms with Gasteiger partial charge < -0.3 is 19.6 Å². The number of hydrogen-bond acceptors (Lipinski definition) is 4. The largest absolute Gasteiger partial charge is 0.450 e. The predicted molar refractivity (Wildman–Crippen MR) is 78.2 cm³/mol. The molecule has 2 rings (SSSR count). The minimum atomic E-state index is -0.249. The summed E-state index contributed by atoms with van der Waals surface area (Å²) in [6, 6.07) is 5.62. The van der Waals surface area contributed by atoms with Crippen molar-refractivity contribution in [3.63, 3.8) is 0 Å². The lowest BCUT2D eigenvalue weighted by molar-refractivity contribution is 0.105. The number of carbonyl (C=O) groups excluding carboxylic acids is 1. The van der Waals surface area contributed by atoms with Gasteiger partial charge in [-0.1, -0.05) is 17.7 Å².